The number of carbonyl (C=O) groups excluding carboxylic acids is 1. The van der Waals surface area contributed by atoms with Gasteiger partial charge in [-0.3, -0.25) is 0 Å². The summed E-state index contributed by atoms with van der Waals surface area (Å²) in [6.07, 6.45) is 0.757. The molecule has 0 bridgehead atoms. The first-order chi connectivity index (χ1) is 9.54. The summed E-state index contributed by atoms with van der Waals surface area (Å²) < 4.78 is 5.16. The molecule has 0 unspecified atom stereocenters. The zero-order valence-electron chi connectivity index (χ0n) is 10.8. The second kappa shape index (κ2) is 6.48. The molecule has 1 aromatic heterocycles. The van der Waals surface area contributed by atoms with Gasteiger partial charge in [-0.1, -0.05) is 36.2 Å². The molecule has 1 aromatic carbocycles. The molecule has 0 aliphatic heterocycles. The number of hydrogen-bond acceptors (Lipinski definition) is 4. The zero-order valence-corrected chi connectivity index (χ0v) is 13.1. The third kappa shape index (κ3) is 3.08. The molecule has 0 aliphatic carbocycles. The van der Waals surface area contributed by atoms with E-state index in [1.54, 1.807) is 23.6 Å². The normalized spacial score (nSPS) is 10.6. The second-order valence-electron chi connectivity index (χ2n) is 4.15. The number of anilines is 1. The Morgan fingerprint density at radius 1 is 1.35 bits per heavy atom. The van der Waals surface area contributed by atoms with Gasteiger partial charge in [0.15, 0.2) is 0 Å². The van der Waals surface area contributed by atoms with Crippen molar-refractivity contribution in [3.63, 3.8) is 0 Å². The molecular weight excluding hydrogens is 317 g/mol. The molecule has 0 fully saturated rings. The number of carbonyl (C=O) groups is 1. The van der Waals surface area contributed by atoms with E-state index in [1.165, 1.54) is 11.3 Å². The predicted octanol–water partition coefficient (Wildman–Crippen LogP) is 4.87. The minimum Gasteiger partial charge on any atom is -0.462 e. The Hall–Kier alpha value is -1.23. The molecule has 1 heterocycles. The van der Waals surface area contributed by atoms with Crippen molar-refractivity contribution in [2.24, 2.45) is 0 Å². The van der Waals surface area contributed by atoms with Gasteiger partial charge in [-0.15, -0.1) is 11.3 Å². The summed E-state index contributed by atoms with van der Waals surface area (Å²) in [5, 5.41) is 3.23. The summed E-state index contributed by atoms with van der Waals surface area (Å²) in [6.45, 7) is 2.29. The molecule has 106 valence electrons. The van der Waals surface area contributed by atoms with Crippen molar-refractivity contribution in [1.29, 1.82) is 0 Å². The molecule has 0 saturated carbocycles. The van der Waals surface area contributed by atoms with Gasteiger partial charge >= 0.3 is 5.97 Å². The number of rotatable bonds is 4. The van der Waals surface area contributed by atoms with Crippen molar-refractivity contribution < 1.29 is 9.53 Å². The van der Waals surface area contributed by atoms with Gasteiger partial charge in [-0.2, -0.15) is 0 Å². The molecular formula is C14H13Cl2NO2S. The highest BCUT2D eigenvalue weighted by Gasteiger charge is 2.21. The summed E-state index contributed by atoms with van der Waals surface area (Å²) >= 11 is 13.3. The Morgan fingerprint density at radius 2 is 2.10 bits per heavy atom. The minimum absolute atomic E-state index is 0.363. The quantitative estimate of drug-likeness (QED) is 0.814. The Labute approximate surface area is 131 Å². The summed E-state index contributed by atoms with van der Waals surface area (Å²) in [6, 6.07) is 5.12. The van der Waals surface area contributed by atoms with E-state index >= 15 is 0 Å². The number of thiophene rings is 1. The lowest BCUT2D eigenvalue weighted by atomic mass is 10.0. The fraction of sp³-hybridized carbons (Fsp3) is 0.214. The smallest absolute Gasteiger partial charge is 0.341 e. The number of nitrogen functional groups attached to an aromatic ring is 1. The maximum absolute atomic E-state index is 12.1. The van der Waals surface area contributed by atoms with Crippen LogP contribution in [0.2, 0.25) is 10.0 Å². The van der Waals surface area contributed by atoms with E-state index in [0.717, 1.165) is 6.42 Å². The lowest BCUT2D eigenvalue weighted by Gasteiger charge is -2.08. The van der Waals surface area contributed by atoms with Crippen molar-refractivity contribution in [3.8, 4) is 11.1 Å². The molecule has 0 radical (unpaired) electrons. The maximum atomic E-state index is 12.1. The fourth-order valence-electron chi connectivity index (χ4n) is 1.76. The van der Waals surface area contributed by atoms with E-state index in [2.05, 4.69) is 0 Å². The number of benzene rings is 1. The van der Waals surface area contributed by atoms with E-state index in [4.69, 9.17) is 33.7 Å². The van der Waals surface area contributed by atoms with Gasteiger partial charge in [-0.05, 0) is 18.6 Å². The van der Waals surface area contributed by atoms with Gasteiger partial charge in [0.2, 0.25) is 0 Å². The van der Waals surface area contributed by atoms with Crippen LogP contribution >= 0.6 is 34.5 Å². The first kappa shape index (κ1) is 15.2. The van der Waals surface area contributed by atoms with Crippen molar-refractivity contribution in [2.75, 3.05) is 12.3 Å². The van der Waals surface area contributed by atoms with Crippen molar-refractivity contribution in [3.05, 3.63) is 39.2 Å². The average molecular weight is 330 g/mol. The van der Waals surface area contributed by atoms with Crippen molar-refractivity contribution in [2.45, 2.75) is 13.3 Å². The van der Waals surface area contributed by atoms with Gasteiger partial charge in [0.1, 0.15) is 10.6 Å². The Kier molecular flexibility index (Phi) is 4.91. The summed E-state index contributed by atoms with van der Waals surface area (Å²) in [5.41, 5.74) is 7.64. The molecule has 0 atom stereocenters. The van der Waals surface area contributed by atoms with Crippen LogP contribution < -0.4 is 5.73 Å². The van der Waals surface area contributed by atoms with Crippen molar-refractivity contribution >= 4 is 45.5 Å². The molecule has 0 amide bonds. The average Bonchev–Trinajstić information content (AvgIpc) is 2.78. The molecule has 6 heteroatoms. The fourth-order valence-corrected chi connectivity index (χ4v) is 3.07. The molecule has 3 nitrogen and oxygen atoms in total. The third-order valence-corrected chi connectivity index (χ3v) is 4.04. The number of esters is 1. The summed E-state index contributed by atoms with van der Waals surface area (Å²) in [4.78, 5) is 12.1. The topological polar surface area (TPSA) is 52.3 Å². The summed E-state index contributed by atoms with van der Waals surface area (Å²) in [5.74, 6) is -0.424. The number of nitrogens with two attached hydrogens (primary N) is 1. The van der Waals surface area contributed by atoms with Crippen LogP contribution in [0.5, 0.6) is 0 Å². The van der Waals surface area contributed by atoms with Crippen LogP contribution in [-0.2, 0) is 4.74 Å². The lowest BCUT2D eigenvalue weighted by molar-refractivity contribution is 0.0508. The number of halogens is 2. The van der Waals surface area contributed by atoms with Crippen LogP contribution in [0.1, 0.15) is 23.7 Å². The predicted molar refractivity (Wildman–Crippen MR) is 84.8 cm³/mol. The third-order valence-electron chi connectivity index (χ3n) is 2.68. The highest BCUT2D eigenvalue weighted by Crippen LogP contribution is 2.38. The number of hydrogen-bond donors (Lipinski definition) is 1. The number of ether oxygens (including phenoxy) is 1. The van der Waals surface area contributed by atoms with E-state index in [-0.39, 0.29) is 0 Å². The Morgan fingerprint density at radius 3 is 2.75 bits per heavy atom. The molecule has 20 heavy (non-hydrogen) atoms. The van der Waals surface area contributed by atoms with Gasteiger partial charge in [0.05, 0.1) is 6.61 Å². The lowest BCUT2D eigenvalue weighted by Crippen LogP contribution is -2.08. The van der Waals surface area contributed by atoms with E-state index in [0.29, 0.717) is 38.3 Å². The largest absolute Gasteiger partial charge is 0.462 e. The Balaban J connectivity index is 2.45. The molecule has 0 aliphatic rings. The zero-order chi connectivity index (χ0) is 14.7. The van der Waals surface area contributed by atoms with Crippen LogP contribution in [0.25, 0.3) is 11.1 Å². The van der Waals surface area contributed by atoms with Crippen LogP contribution in [0.4, 0.5) is 5.00 Å². The minimum atomic E-state index is -0.424. The van der Waals surface area contributed by atoms with Crippen LogP contribution in [-0.4, -0.2) is 12.6 Å². The molecule has 2 rings (SSSR count). The van der Waals surface area contributed by atoms with Gasteiger partial charge in [-0.25, -0.2) is 4.79 Å². The van der Waals surface area contributed by atoms with Crippen LogP contribution in [0.3, 0.4) is 0 Å². The monoisotopic (exact) mass is 329 g/mol. The summed E-state index contributed by atoms with van der Waals surface area (Å²) in [7, 11) is 0. The van der Waals surface area contributed by atoms with Gasteiger partial charge in [0.25, 0.3) is 0 Å². The molecule has 2 N–H and O–H groups in total. The molecule has 0 spiro atoms. The SMILES string of the molecule is CCCOC(=O)c1c(-c2ccc(Cl)cc2Cl)csc1N. The standard InChI is InChI=1S/C14H13Cl2NO2S/c1-2-5-19-14(18)12-10(7-20-13(12)17)9-4-3-8(15)6-11(9)16/h3-4,6-7H,2,5,17H2,1H3. The second-order valence-corrected chi connectivity index (χ2v) is 5.90. The Bertz CT molecular complexity index is 640. The first-order valence-electron chi connectivity index (χ1n) is 6.04. The van der Waals surface area contributed by atoms with Crippen molar-refractivity contribution in [1.82, 2.24) is 0 Å². The molecule has 0 saturated heterocycles. The van der Waals surface area contributed by atoms with Gasteiger partial charge in [0, 0.05) is 26.6 Å². The van der Waals surface area contributed by atoms with E-state index in [9.17, 15) is 4.79 Å². The van der Waals surface area contributed by atoms with Crippen LogP contribution in [0, 0.1) is 0 Å². The first-order valence-corrected chi connectivity index (χ1v) is 7.67. The van der Waals surface area contributed by atoms with E-state index in [1.807, 2.05) is 6.92 Å². The van der Waals surface area contributed by atoms with Gasteiger partial charge < -0.3 is 10.5 Å². The van der Waals surface area contributed by atoms with E-state index < -0.39 is 5.97 Å². The van der Waals surface area contributed by atoms with Crippen LogP contribution in [0.15, 0.2) is 23.6 Å². The maximum Gasteiger partial charge on any atom is 0.341 e. The molecule has 2 aromatic rings. The highest BCUT2D eigenvalue weighted by molar-refractivity contribution is 7.15. The highest BCUT2D eigenvalue weighted by atomic mass is 35.5.